The molecule has 0 radical (unpaired) electrons. The van der Waals surface area contributed by atoms with E-state index in [1.54, 1.807) is 10.9 Å². The molecule has 6 nitrogen and oxygen atoms in total. The summed E-state index contributed by atoms with van der Waals surface area (Å²) in [5.74, 6) is 0.719. The minimum atomic E-state index is -0.0342. The molecule has 3 heterocycles. The van der Waals surface area contributed by atoms with Crippen LogP contribution in [0.15, 0.2) is 36.5 Å². The van der Waals surface area contributed by atoms with Crippen LogP contribution in [-0.2, 0) is 6.54 Å². The van der Waals surface area contributed by atoms with E-state index in [0.717, 1.165) is 31.0 Å². The van der Waals surface area contributed by atoms with Gasteiger partial charge in [-0.25, -0.2) is 9.48 Å². The quantitative estimate of drug-likeness (QED) is 0.898. The highest BCUT2D eigenvalue weighted by atomic mass is 35.5. The number of halogens is 1. The van der Waals surface area contributed by atoms with Gasteiger partial charge in [0, 0.05) is 36.8 Å². The Hall–Kier alpha value is -2.05. The lowest BCUT2D eigenvalue weighted by molar-refractivity contribution is 0.0678. The van der Waals surface area contributed by atoms with Crippen molar-refractivity contribution < 1.29 is 4.79 Å². The summed E-state index contributed by atoms with van der Waals surface area (Å²) in [6, 6.07) is 9.99. The molecule has 1 unspecified atom stereocenters. The number of urea groups is 1. The molecule has 7 heteroatoms. The van der Waals surface area contributed by atoms with Crippen LogP contribution < -0.4 is 5.32 Å². The number of carbonyl (C=O) groups is 1. The van der Waals surface area contributed by atoms with E-state index in [0.29, 0.717) is 17.6 Å². The SMILES string of the molecule is O=C(Nc1ccnn1Cc1ccc(Cl)cc1)N1CCN2CCCCC2C1. The Bertz CT molecular complexity index is 760. The van der Waals surface area contributed by atoms with Crippen LogP contribution in [0.4, 0.5) is 10.6 Å². The fourth-order valence-electron chi connectivity index (χ4n) is 3.86. The number of anilines is 1. The molecule has 26 heavy (non-hydrogen) atoms. The zero-order chi connectivity index (χ0) is 17.9. The average molecular weight is 374 g/mol. The third kappa shape index (κ3) is 3.86. The van der Waals surface area contributed by atoms with E-state index in [-0.39, 0.29) is 6.03 Å². The lowest BCUT2D eigenvalue weighted by Gasteiger charge is -2.43. The van der Waals surface area contributed by atoms with Crippen molar-refractivity contribution in [3.63, 3.8) is 0 Å². The Morgan fingerprint density at radius 1 is 1.15 bits per heavy atom. The molecule has 1 aromatic heterocycles. The highest BCUT2D eigenvalue weighted by molar-refractivity contribution is 6.30. The predicted molar refractivity (Wildman–Crippen MR) is 103 cm³/mol. The lowest BCUT2D eigenvalue weighted by Crippen LogP contribution is -2.57. The molecule has 0 bridgehead atoms. The Morgan fingerprint density at radius 3 is 2.85 bits per heavy atom. The third-order valence-corrected chi connectivity index (χ3v) is 5.57. The Morgan fingerprint density at radius 2 is 2.00 bits per heavy atom. The van der Waals surface area contributed by atoms with Gasteiger partial charge in [-0.05, 0) is 37.1 Å². The van der Waals surface area contributed by atoms with Gasteiger partial charge in [-0.2, -0.15) is 5.10 Å². The van der Waals surface area contributed by atoms with Crippen molar-refractivity contribution in [1.82, 2.24) is 19.6 Å². The monoisotopic (exact) mass is 373 g/mol. The van der Waals surface area contributed by atoms with Crippen molar-refractivity contribution in [2.24, 2.45) is 0 Å². The van der Waals surface area contributed by atoms with Crippen molar-refractivity contribution >= 4 is 23.4 Å². The van der Waals surface area contributed by atoms with Gasteiger partial charge in [0.05, 0.1) is 12.7 Å². The van der Waals surface area contributed by atoms with E-state index in [9.17, 15) is 4.79 Å². The van der Waals surface area contributed by atoms with Gasteiger partial charge in [-0.15, -0.1) is 0 Å². The predicted octanol–water partition coefficient (Wildman–Crippen LogP) is 3.29. The molecule has 2 amide bonds. The standard InChI is InChI=1S/C19H24ClN5O/c20-16-6-4-15(5-7-16)13-25-18(8-9-21-25)22-19(26)24-12-11-23-10-2-1-3-17(23)14-24/h4-9,17H,1-3,10-14H2,(H,22,26). The molecule has 2 aliphatic rings. The topological polar surface area (TPSA) is 53.4 Å². The second-order valence-electron chi connectivity index (χ2n) is 7.06. The van der Waals surface area contributed by atoms with Gasteiger partial charge in [0.1, 0.15) is 5.82 Å². The first-order valence-electron chi connectivity index (χ1n) is 9.25. The number of rotatable bonds is 3. The minimum Gasteiger partial charge on any atom is -0.322 e. The number of nitrogens with zero attached hydrogens (tertiary/aromatic N) is 4. The number of carbonyl (C=O) groups excluding carboxylic acids is 1. The second-order valence-corrected chi connectivity index (χ2v) is 7.50. The van der Waals surface area contributed by atoms with Crippen LogP contribution in [-0.4, -0.2) is 57.8 Å². The van der Waals surface area contributed by atoms with E-state index < -0.39 is 0 Å². The molecule has 0 aliphatic carbocycles. The molecule has 1 aromatic carbocycles. The first-order valence-corrected chi connectivity index (χ1v) is 9.63. The molecule has 2 saturated heterocycles. The molecule has 1 atom stereocenters. The first-order chi connectivity index (χ1) is 12.7. The summed E-state index contributed by atoms with van der Waals surface area (Å²) < 4.78 is 1.80. The third-order valence-electron chi connectivity index (χ3n) is 5.32. The molecule has 2 aromatic rings. The summed E-state index contributed by atoms with van der Waals surface area (Å²) in [6.45, 7) is 4.34. The second kappa shape index (κ2) is 7.68. The van der Waals surface area contributed by atoms with Crippen LogP contribution in [0.25, 0.3) is 0 Å². The van der Waals surface area contributed by atoms with E-state index in [2.05, 4.69) is 15.3 Å². The number of piperazine rings is 1. The maximum Gasteiger partial charge on any atom is 0.323 e. The van der Waals surface area contributed by atoms with Crippen LogP contribution >= 0.6 is 11.6 Å². The van der Waals surface area contributed by atoms with Gasteiger partial charge >= 0.3 is 6.03 Å². The van der Waals surface area contributed by atoms with E-state index in [4.69, 9.17) is 11.6 Å². The average Bonchev–Trinajstić information content (AvgIpc) is 3.10. The largest absolute Gasteiger partial charge is 0.323 e. The van der Waals surface area contributed by atoms with Gasteiger partial charge in [-0.3, -0.25) is 10.2 Å². The summed E-state index contributed by atoms with van der Waals surface area (Å²) in [7, 11) is 0. The number of benzene rings is 1. The first kappa shape index (κ1) is 17.4. The van der Waals surface area contributed by atoms with Crippen LogP contribution in [0.3, 0.4) is 0 Å². The Kier molecular flexibility index (Phi) is 5.13. The van der Waals surface area contributed by atoms with Gasteiger partial charge in [0.15, 0.2) is 0 Å². The highest BCUT2D eigenvalue weighted by Crippen LogP contribution is 2.22. The summed E-state index contributed by atoms with van der Waals surface area (Å²) in [4.78, 5) is 17.2. The smallest absolute Gasteiger partial charge is 0.322 e. The van der Waals surface area contributed by atoms with Crippen molar-refractivity contribution in [1.29, 1.82) is 0 Å². The molecular formula is C19H24ClN5O. The van der Waals surface area contributed by atoms with Crippen molar-refractivity contribution in [2.45, 2.75) is 31.8 Å². The number of piperidine rings is 1. The summed E-state index contributed by atoms with van der Waals surface area (Å²) >= 11 is 5.94. The lowest BCUT2D eigenvalue weighted by atomic mass is 10.00. The van der Waals surface area contributed by atoms with E-state index in [1.165, 1.54) is 25.8 Å². The van der Waals surface area contributed by atoms with Crippen LogP contribution in [0.1, 0.15) is 24.8 Å². The van der Waals surface area contributed by atoms with Gasteiger partial charge in [-0.1, -0.05) is 30.2 Å². The summed E-state index contributed by atoms with van der Waals surface area (Å²) in [5, 5.41) is 8.08. The van der Waals surface area contributed by atoms with E-state index in [1.807, 2.05) is 35.2 Å². The van der Waals surface area contributed by atoms with Crippen molar-refractivity contribution in [3.05, 3.63) is 47.1 Å². The molecule has 0 spiro atoms. The maximum absolute atomic E-state index is 12.7. The Balaban J connectivity index is 1.39. The van der Waals surface area contributed by atoms with Crippen LogP contribution in [0.2, 0.25) is 5.02 Å². The minimum absolute atomic E-state index is 0.0342. The molecular weight excluding hydrogens is 350 g/mol. The van der Waals surface area contributed by atoms with Gasteiger partial charge < -0.3 is 4.90 Å². The molecule has 0 saturated carbocycles. The number of hydrogen-bond donors (Lipinski definition) is 1. The van der Waals surface area contributed by atoms with Gasteiger partial charge in [0.2, 0.25) is 0 Å². The zero-order valence-electron chi connectivity index (χ0n) is 14.8. The van der Waals surface area contributed by atoms with E-state index >= 15 is 0 Å². The highest BCUT2D eigenvalue weighted by Gasteiger charge is 2.31. The normalized spacial score (nSPS) is 20.7. The van der Waals surface area contributed by atoms with Gasteiger partial charge in [0.25, 0.3) is 0 Å². The number of amides is 2. The summed E-state index contributed by atoms with van der Waals surface area (Å²) in [6.07, 6.45) is 5.46. The molecule has 138 valence electrons. The zero-order valence-corrected chi connectivity index (χ0v) is 15.5. The molecule has 2 fully saturated rings. The Labute approximate surface area is 158 Å². The van der Waals surface area contributed by atoms with Crippen LogP contribution in [0.5, 0.6) is 0 Å². The maximum atomic E-state index is 12.7. The number of aromatic nitrogens is 2. The van der Waals surface area contributed by atoms with Crippen molar-refractivity contribution in [2.75, 3.05) is 31.5 Å². The van der Waals surface area contributed by atoms with Crippen molar-refractivity contribution in [3.8, 4) is 0 Å². The number of fused-ring (bicyclic) bond motifs is 1. The molecule has 2 aliphatic heterocycles. The fourth-order valence-corrected chi connectivity index (χ4v) is 3.98. The molecule has 1 N–H and O–H groups in total. The summed E-state index contributed by atoms with van der Waals surface area (Å²) in [5.41, 5.74) is 1.09. The number of nitrogens with one attached hydrogen (secondary N) is 1. The molecule has 4 rings (SSSR count). The number of hydrogen-bond acceptors (Lipinski definition) is 3. The fraction of sp³-hybridized carbons (Fsp3) is 0.474. The van der Waals surface area contributed by atoms with Crippen LogP contribution in [0, 0.1) is 0 Å².